The van der Waals surface area contributed by atoms with Gasteiger partial charge in [0.05, 0.1) is 7.11 Å². The number of amides is 5. The van der Waals surface area contributed by atoms with Gasteiger partial charge in [-0.05, 0) is 42.5 Å². The fourth-order valence-electron chi connectivity index (χ4n) is 3.25. The molecule has 2 aromatic carbocycles. The molecule has 1 aliphatic rings. The summed E-state index contributed by atoms with van der Waals surface area (Å²) in [6.45, 7) is 0.844. The van der Waals surface area contributed by atoms with Gasteiger partial charge in [-0.2, -0.15) is 0 Å². The van der Waals surface area contributed by atoms with Gasteiger partial charge in [0.25, 0.3) is 5.91 Å². The number of rotatable bonds is 6. The Bertz CT molecular complexity index is 971. The van der Waals surface area contributed by atoms with Crippen molar-refractivity contribution in [1.29, 1.82) is 0 Å². The summed E-state index contributed by atoms with van der Waals surface area (Å²) in [6.07, 6.45) is -1.12. The van der Waals surface area contributed by atoms with Crippen LogP contribution in [0.5, 0.6) is 5.75 Å². The van der Waals surface area contributed by atoms with Crippen LogP contribution in [0.25, 0.3) is 0 Å². The number of urea groups is 2. The summed E-state index contributed by atoms with van der Waals surface area (Å²) in [7, 11) is 1.55. The van der Waals surface area contributed by atoms with Crippen molar-refractivity contribution in [2.75, 3.05) is 43.9 Å². The molecule has 1 saturated heterocycles. The van der Waals surface area contributed by atoms with Crippen LogP contribution in [0.2, 0.25) is 0 Å². The topological polar surface area (TPSA) is 129 Å². The van der Waals surface area contributed by atoms with Gasteiger partial charge in [-0.25, -0.2) is 9.59 Å². The zero-order valence-corrected chi connectivity index (χ0v) is 19.1. The molecule has 0 saturated carbocycles. The van der Waals surface area contributed by atoms with Crippen LogP contribution < -0.4 is 26.4 Å². The lowest BCUT2D eigenvalue weighted by Gasteiger charge is -2.29. The molecular weight excluding hydrogens is 480 g/mol. The molecule has 0 aliphatic carbocycles. The third-order valence-electron chi connectivity index (χ3n) is 4.79. The fourth-order valence-corrected chi connectivity index (χ4v) is 3.65. The number of anilines is 2. The van der Waals surface area contributed by atoms with Gasteiger partial charge in [-0.3, -0.25) is 14.6 Å². The van der Waals surface area contributed by atoms with Gasteiger partial charge in [0, 0.05) is 42.0 Å². The summed E-state index contributed by atoms with van der Waals surface area (Å²) in [5.41, 5.74) is 6.59. The molecule has 0 radical (unpaired) electrons. The molecule has 5 amide bonds. The maximum absolute atomic E-state index is 12.9. The Morgan fingerprint density at radius 2 is 1.66 bits per heavy atom. The van der Waals surface area contributed by atoms with Crippen molar-refractivity contribution in [2.24, 2.45) is 5.73 Å². The number of carbonyl (C=O) groups excluding carboxylic acids is 3. The minimum absolute atomic E-state index is 0.189. The average Bonchev–Trinajstić information content (AvgIpc) is 3.23. The number of hydrogen-bond donors (Lipinski definition) is 4. The van der Waals surface area contributed by atoms with Gasteiger partial charge in [-0.1, -0.05) is 22.0 Å². The third-order valence-corrected chi connectivity index (χ3v) is 5.28. The highest BCUT2D eigenvalue weighted by atomic mass is 79.9. The highest BCUT2D eigenvalue weighted by Crippen LogP contribution is 2.21. The van der Waals surface area contributed by atoms with E-state index in [-0.39, 0.29) is 26.2 Å². The molecule has 0 spiro atoms. The first-order valence-electron chi connectivity index (χ1n) is 9.95. The minimum Gasteiger partial charge on any atom is -0.497 e. The first kappa shape index (κ1) is 23.4. The molecular formula is C21H25BrN6O4. The molecule has 3 rings (SSSR count). The Hall–Kier alpha value is -3.31. The summed E-state index contributed by atoms with van der Waals surface area (Å²) in [5, 5.41) is 8.19. The Morgan fingerprint density at radius 1 is 1.03 bits per heavy atom. The van der Waals surface area contributed by atoms with E-state index in [0.29, 0.717) is 17.1 Å². The molecule has 1 unspecified atom stereocenters. The number of nitrogens with one attached hydrogen (secondary N) is 3. The summed E-state index contributed by atoms with van der Waals surface area (Å²) < 4.78 is 5.92. The minimum atomic E-state index is -1.12. The zero-order valence-electron chi connectivity index (χ0n) is 17.5. The number of hydrogen-bond acceptors (Lipinski definition) is 5. The van der Waals surface area contributed by atoms with Crippen molar-refractivity contribution in [1.82, 2.24) is 15.1 Å². The van der Waals surface area contributed by atoms with Crippen molar-refractivity contribution in [3.8, 4) is 5.75 Å². The van der Waals surface area contributed by atoms with E-state index in [9.17, 15) is 14.4 Å². The molecule has 1 heterocycles. The maximum Gasteiger partial charge on any atom is 0.323 e. The summed E-state index contributed by atoms with van der Waals surface area (Å²) in [5.74, 6) is 0.167. The third kappa shape index (κ3) is 5.68. The second kappa shape index (κ2) is 10.8. The highest BCUT2D eigenvalue weighted by Gasteiger charge is 2.42. The van der Waals surface area contributed by atoms with E-state index in [0.717, 1.165) is 4.47 Å². The molecule has 5 N–H and O–H groups in total. The Kier molecular flexibility index (Phi) is 7.90. The number of methoxy groups -OCH3 is 1. The largest absolute Gasteiger partial charge is 0.497 e. The molecule has 11 heteroatoms. The Morgan fingerprint density at radius 3 is 2.22 bits per heavy atom. The van der Waals surface area contributed by atoms with Crippen LogP contribution in [0.3, 0.4) is 0 Å². The van der Waals surface area contributed by atoms with Crippen LogP contribution in [0.15, 0.2) is 53.0 Å². The number of nitrogens with zero attached hydrogens (tertiary/aromatic N) is 2. The van der Waals surface area contributed by atoms with Gasteiger partial charge >= 0.3 is 12.1 Å². The van der Waals surface area contributed by atoms with Gasteiger partial charge in [0.2, 0.25) is 0 Å². The van der Waals surface area contributed by atoms with Crippen molar-refractivity contribution in [3.63, 3.8) is 0 Å². The monoisotopic (exact) mass is 504 g/mol. The summed E-state index contributed by atoms with van der Waals surface area (Å²) >= 11 is 3.36. The van der Waals surface area contributed by atoms with Crippen molar-refractivity contribution in [3.05, 3.63) is 53.0 Å². The molecule has 10 nitrogen and oxygen atoms in total. The van der Waals surface area contributed by atoms with Gasteiger partial charge in [-0.15, -0.1) is 0 Å². The lowest BCUT2D eigenvalue weighted by molar-refractivity contribution is -0.127. The van der Waals surface area contributed by atoms with E-state index in [1.54, 1.807) is 49.6 Å². The fraction of sp³-hybridized carbons (Fsp3) is 0.286. The van der Waals surface area contributed by atoms with Crippen LogP contribution in [-0.2, 0) is 4.79 Å². The average molecular weight is 505 g/mol. The Labute approximate surface area is 194 Å². The zero-order chi connectivity index (χ0) is 23.1. The smallest absolute Gasteiger partial charge is 0.323 e. The number of nitrogens with two attached hydrogens (primary N) is 1. The predicted molar refractivity (Wildman–Crippen MR) is 124 cm³/mol. The van der Waals surface area contributed by atoms with E-state index >= 15 is 0 Å². The molecule has 1 fully saturated rings. The second-order valence-electron chi connectivity index (χ2n) is 6.94. The maximum atomic E-state index is 12.9. The Balaban J connectivity index is 1.76. The van der Waals surface area contributed by atoms with Gasteiger partial charge < -0.3 is 26.4 Å². The quantitative estimate of drug-likeness (QED) is 0.479. The van der Waals surface area contributed by atoms with Crippen molar-refractivity contribution < 1.29 is 19.1 Å². The SMILES string of the molecule is COc1ccc(NC(=O)N2CCN(C(=O)Nc3cccc(Br)c3)C2C(=O)NCCN)cc1. The highest BCUT2D eigenvalue weighted by molar-refractivity contribution is 9.10. The molecule has 0 aromatic heterocycles. The van der Waals surface area contributed by atoms with E-state index < -0.39 is 24.1 Å². The molecule has 1 atom stereocenters. The van der Waals surface area contributed by atoms with Crippen LogP contribution >= 0.6 is 15.9 Å². The summed E-state index contributed by atoms with van der Waals surface area (Å²) in [6, 6.07) is 12.9. The first-order valence-corrected chi connectivity index (χ1v) is 10.7. The lowest BCUT2D eigenvalue weighted by Crippen LogP contribution is -2.55. The van der Waals surface area contributed by atoms with Crippen LogP contribution in [0.1, 0.15) is 0 Å². The van der Waals surface area contributed by atoms with Crippen LogP contribution in [0.4, 0.5) is 21.0 Å². The lowest BCUT2D eigenvalue weighted by atomic mass is 10.3. The standard InChI is InChI=1S/C21H25BrN6O4/c1-32-17-7-5-15(6-8-17)25-20(30)27-11-12-28(19(27)18(29)24-10-9-23)21(31)26-16-4-2-3-14(22)13-16/h2-8,13,19H,9-12,23H2,1H3,(H,24,29)(H,25,30)(H,26,31). The summed E-state index contributed by atoms with van der Waals surface area (Å²) in [4.78, 5) is 41.4. The molecule has 32 heavy (non-hydrogen) atoms. The number of carbonyl (C=O) groups is 3. The number of halogens is 1. The van der Waals surface area contributed by atoms with Gasteiger partial charge in [0.15, 0.2) is 6.17 Å². The van der Waals surface area contributed by atoms with Gasteiger partial charge in [0.1, 0.15) is 5.75 Å². The van der Waals surface area contributed by atoms with Crippen molar-refractivity contribution in [2.45, 2.75) is 6.17 Å². The van der Waals surface area contributed by atoms with E-state index in [4.69, 9.17) is 10.5 Å². The molecule has 170 valence electrons. The number of benzene rings is 2. The van der Waals surface area contributed by atoms with Crippen LogP contribution in [0, 0.1) is 0 Å². The molecule has 2 aromatic rings. The molecule has 0 bridgehead atoms. The van der Waals surface area contributed by atoms with Crippen LogP contribution in [-0.4, -0.2) is 67.2 Å². The van der Waals surface area contributed by atoms with E-state index in [1.165, 1.54) is 9.80 Å². The second-order valence-corrected chi connectivity index (χ2v) is 7.85. The number of ether oxygens (including phenoxy) is 1. The predicted octanol–water partition coefficient (Wildman–Crippen LogP) is 2.24. The van der Waals surface area contributed by atoms with E-state index in [2.05, 4.69) is 31.9 Å². The first-order chi connectivity index (χ1) is 15.4. The molecule has 1 aliphatic heterocycles. The van der Waals surface area contributed by atoms with Crippen molar-refractivity contribution >= 4 is 45.3 Å². The van der Waals surface area contributed by atoms with E-state index in [1.807, 2.05) is 6.07 Å². The normalized spacial score (nSPS) is 15.3.